The summed E-state index contributed by atoms with van der Waals surface area (Å²) in [6.07, 6.45) is 7.12. The second-order valence-corrected chi connectivity index (χ2v) is 8.07. The number of aromatic nitrogens is 4. The third-order valence-corrected chi connectivity index (χ3v) is 5.99. The fourth-order valence-electron chi connectivity index (χ4n) is 4.26. The molecule has 0 spiro atoms. The number of para-hydroxylation sites is 1. The Labute approximate surface area is 170 Å². The van der Waals surface area contributed by atoms with Crippen molar-refractivity contribution >= 4 is 22.6 Å². The van der Waals surface area contributed by atoms with Gasteiger partial charge in [0, 0.05) is 36.1 Å². The Hall–Kier alpha value is -2.96. The predicted molar refractivity (Wildman–Crippen MR) is 112 cm³/mol. The molecule has 3 aromatic rings. The molecular weight excluding hydrogens is 364 g/mol. The maximum Gasteiger partial charge on any atom is 0.321 e. The predicted octanol–water partition coefficient (Wildman–Crippen LogP) is 4.14. The van der Waals surface area contributed by atoms with Gasteiger partial charge in [-0.2, -0.15) is 0 Å². The van der Waals surface area contributed by atoms with Crippen LogP contribution in [0.1, 0.15) is 56.1 Å². The molecule has 5 rings (SSSR count). The average molecular weight is 390 g/mol. The van der Waals surface area contributed by atoms with Crippen LogP contribution in [0.15, 0.2) is 36.7 Å². The van der Waals surface area contributed by atoms with E-state index in [9.17, 15) is 4.79 Å². The van der Waals surface area contributed by atoms with Crippen molar-refractivity contribution in [1.82, 2.24) is 24.6 Å². The maximum atomic E-state index is 13.1. The van der Waals surface area contributed by atoms with Crippen molar-refractivity contribution in [3.8, 4) is 0 Å². The molecule has 1 N–H and O–H groups in total. The quantitative estimate of drug-likeness (QED) is 0.727. The summed E-state index contributed by atoms with van der Waals surface area (Å²) in [5, 5.41) is 12.6. The number of carbonyl (C=O) groups is 1. The van der Waals surface area contributed by atoms with Gasteiger partial charge in [-0.25, -0.2) is 4.79 Å². The lowest BCUT2D eigenvalue weighted by molar-refractivity contribution is 0.190. The molecule has 1 saturated carbocycles. The van der Waals surface area contributed by atoms with E-state index >= 15 is 0 Å². The van der Waals surface area contributed by atoms with Crippen LogP contribution in [0.5, 0.6) is 0 Å². The van der Waals surface area contributed by atoms with Gasteiger partial charge in [0.05, 0.1) is 11.2 Å². The topological polar surface area (TPSA) is 75.9 Å². The van der Waals surface area contributed by atoms with Gasteiger partial charge < -0.3 is 14.8 Å². The van der Waals surface area contributed by atoms with Gasteiger partial charge in [0.2, 0.25) is 0 Å². The van der Waals surface area contributed by atoms with Crippen LogP contribution < -0.4 is 5.32 Å². The lowest BCUT2D eigenvalue weighted by Crippen LogP contribution is -2.42. The van der Waals surface area contributed by atoms with Gasteiger partial charge in [0.1, 0.15) is 12.2 Å². The fourth-order valence-corrected chi connectivity index (χ4v) is 4.26. The molecule has 3 heterocycles. The molecule has 29 heavy (non-hydrogen) atoms. The van der Waals surface area contributed by atoms with Gasteiger partial charge in [-0.15, -0.1) is 10.2 Å². The number of likely N-dealkylation sites (tertiary alicyclic amines) is 1. The highest BCUT2D eigenvalue weighted by atomic mass is 16.2. The zero-order valence-corrected chi connectivity index (χ0v) is 16.7. The standard InChI is InChI=1S/C22H26N6O/c1-2-16-12-20(18-7-3-4-8-19(18)24-16)25-22(29)27-11-5-6-15(13-27)21-26-23-14-28(21)17-9-10-17/h3-4,7-8,12,14-15,17H,2,5-6,9-11,13H2,1H3,(H,24,25,29). The highest BCUT2D eigenvalue weighted by Crippen LogP contribution is 2.38. The van der Waals surface area contributed by atoms with E-state index in [4.69, 9.17) is 0 Å². The number of aryl methyl sites for hydroxylation is 1. The van der Waals surface area contributed by atoms with E-state index in [1.54, 1.807) is 0 Å². The van der Waals surface area contributed by atoms with Gasteiger partial charge in [-0.3, -0.25) is 4.98 Å². The molecule has 1 aliphatic carbocycles. The molecule has 1 unspecified atom stereocenters. The number of nitrogens with zero attached hydrogens (tertiary/aromatic N) is 5. The monoisotopic (exact) mass is 390 g/mol. The van der Waals surface area contributed by atoms with Crippen LogP contribution >= 0.6 is 0 Å². The first-order chi connectivity index (χ1) is 14.2. The van der Waals surface area contributed by atoms with Crippen LogP contribution in [-0.4, -0.2) is 43.8 Å². The van der Waals surface area contributed by atoms with E-state index in [-0.39, 0.29) is 11.9 Å². The van der Waals surface area contributed by atoms with Crippen molar-refractivity contribution in [3.63, 3.8) is 0 Å². The van der Waals surface area contributed by atoms with Crippen LogP contribution in [0.4, 0.5) is 10.5 Å². The largest absolute Gasteiger partial charge is 0.324 e. The van der Waals surface area contributed by atoms with Gasteiger partial charge >= 0.3 is 6.03 Å². The number of hydrogen-bond acceptors (Lipinski definition) is 4. The normalized spacial score (nSPS) is 19.5. The Balaban J connectivity index is 1.36. The van der Waals surface area contributed by atoms with Crippen molar-refractivity contribution in [2.75, 3.05) is 18.4 Å². The van der Waals surface area contributed by atoms with E-state index < -0.39 is 0 Å². The third kappa shape index (κ3) is 3.57. The molecule has 0 bridgehead atoms. The molecule has 2 aromatic heterocycles. The number of nitrogens with one attached hydrogen (secondary N) is 1. The first-order valence-electron chi connectivity index (χ1n) is 10.6. The van der Waals surface area contributed by atoms with Crippen molar-refractivity contribution in [1.29, 1.82) is 0 Å². The van der Waals surface area contributed by atoms with Gasteiger partial charge in [0.15, 0.2) is 0 Å². The second-order valence-electron chi connectivity index (χ2n) is 8.07. The summed E-state index contributed by atoms with van der Waals surface area (Å²) in [6.45, 7) is 3.53. The number of carbonyl (C=O) groups excluding carboxylic acids is 1. The van der Waals surface area contributed by atoms with Crippen LogP contribution in [0.25, 0.3) is 10.9 Å². The SMILES string of the molecule is CCc1cc(NC(=O)N2CCCC(c3nncn3C3CC3)C2)c2ccccc2n1. The van der Waals surface area contributed by atoms with Gasteiger partial charge in [-0.1, -0.05) is 25.1 Å². The number of benzene rings is 1. The Kier molecular flexibility index (Phi) is 4.66. The number of fused-ring (bicyclic) bond motifs is 1. The summed E-state index contributed by atoms with van der Waals surface area (Å²) >= 11 is 0. The zero-order chi connectivity index (χ0) is 19.8. The summed E-state index contributed by atoms with van der Waals surface area (Å²) in [5.41, 5.74) is 2.73. The first-order valence-corrected chi connectivity index (χ1v) is 10.6. The van der Waals surface area contributed by atoms with E-state index in [0.717, 1.165) is 53.9 Å². The van der Waals surface area contributed by atoms with E-state index in [0.29, 0.717) is 12.6 Å². The number of piperidine rings is 1. The van der Waals surface area contributed by atoms with E-state index in [2.05, 4.69) is 32.0 Å². The first kappa shape index (κ1) is 18.1. The molecule has 2 fully saturated rings. The summed E-state index contributed by atoms with van der Waals surface area (Å²) in [6, 6.07) is 10.5. The van der Waals surface area contributed by atoms with E-state index in [1.165, 1.54) is 12.8 Å². The Bertz CT molecular complexity index is 1040. The molecule has 1 atom stereocenters. The number of urea groups is 1. The third-order valence-electron chi connectivity index (χ3n) is 5.99. The maximum absolute atomic E-state index is 13.1. The van der Waals surface area contributed by atoms with Crippen molar-refractivity contribution in [2.45, 2.75) is 51.0 Å². The molecule has 1 aliphatic heterocycles. The molecule has 1 saturated heterocycles. The molecular formula is C22H26N6O. The van der Waals surface area contributed by atoms with Crippen LogP contribution in [0.2, 0.25) is 0 Å². The highest BCUT2D eigenvalue weighted by Gasteiger charge is 2.32. The number of pyridine rings is 1. The molecule has 7 nitrogen and oxygen atoms in total. The summed E-state index contributed by atoms with van der Waals surface area (Å²) < 4.78 is 2.22. The number of hydrogen-bond donors (Lipinski definition) is 1. The molecule has 0 radical (unpaired) electrons. The van der Waals surface area contributed by atoms with Crippen molar-refractivity contribution in [3.05, 3.63) is 48.2 Å². The number of amides is 2. The lowest BCUT2D eigenvalue weighted by Gasteiger charge is -2.32. The molecule has 150 valence electrons. The minimum atomic E-state index is -0.0504. The summed E-state index contributed by atoms with van der Waals surface area (Å²) in [7, 11) is 0. The molecule has 2 amide bonds. The fraction of sp³-hybridized carbons (Fsp3) is 0.455. The highest BCUT2D eigenvalue weighted by molar-refractivity contribution is 6.00. The Morgan fingerprint density at radius 1 is 1.24 bits per heavy atom. The van der Waals surface area contributed by atoms with Crippen LogP contribution in [0, 0.1) is 0 Å². The lowest BCUT2D eigenvalue weighted by atomic mass is 9.97. The smallest absolute Gasteiger partial charge is 0.321 e. The minimum absolute atomic E-state index is 0.0504. The van der Waals surface area contributed by atoms with Crippen molar-refractivity contribution < 1.29 is 4.79 Å². The number of anilines is 1. The van der Waals surface area contributed by atoms with Crippen molar-refractivity contribution in [2.24, 2.45) is 0 Å². The molecule has 1 aromatic carbocycles. The average Bonchev–Trinajstić information content (AvgIpc) is 3.49. The zero-order valence-electron chi connectivity index (χ0n) is 16.7. The number of rotatable bonds is 4. The van der Waals surface area contributed by atoms with E-state index in [1.807, 2.05) is 41.6 Å². The minimum Gasteiger partial charge on any atom is -0.324 e. The van der Waals surface area contributed by atoms with Crippen LogP contribution in [-0.2, 0) is 6.42 Å². The van der Waals surface area contributed by atoms with Crippen LogP contribution in [0.3, 0.4) is 0 Å². The van der Waals surface area contributed by atoms with Gasteiger partial charge in [0.25, 0.3) is 0 Å². The molecule has 2 aliphatic rings. The summed E-state index contributed by atoms with van der Waals surface area (Å²) in [4.78, 5) is 19.7. The second kappa shape index (κ2) is 7.46. The Morgan fingerprint density at radius 3 is 2.93 bits per heavy atom. The molecule has 7 heteroatoms. The van der Waals surface area contributed by atoms with Gasteiger partial charge in [-0.05, 0) is 44.2 Å². The summed E-state index contributed by atoms with van der Waals surface area (Å²) in [5.74, 6) is 1.28. The Morgan fingerprint density at radius 2 is 2.10 bits per heavy atom.